The molecule has 0 aromatic carbocycles. The highest BCUT2D eigenvalue weighted by Gasteiger charge is 2.38. The molecule has 0 N–H and O–H groups in total. The van der Waals surface area contributed by atoms with E-state index in [-0.39, 0.29) is 12.6 Å². The highest BCUT2D eigenvalue weighted by atomic mass is 16.6. The van der Waals surface area contributed by atoms with Crippen LogP contribution in [-0.4, -0.2) is 37.9 Å². The zero-order valence-electron chi connectivity index (χ0n) is 9.73. The zero-order chi connectivity index (χ0) is 12.0. The summed E-state index contributed by atoms with van der Waals surface area (Å²) in [5.74, 6) is -1.37. The number of ether oxygens (including phenoxy) is 3. The maximum Gasteiger partial charge on any atom is 0.336 e. The summed E-state index contributed by atoms with van der Waals surface area (Å²) >= 11 is 0. The van der Waals surface area contributed by atoms with Crippen LogP contribution in [0.15, 0.2) is 0 Å². The third-order valence-electron chi connectivity index (χ3n) is 2.43. The van der Waals surface area contributed by atoms with Crippen molar-refractivity contribution < 1.29 is 23.8 Å². The summed E-state index contributed by atoms with van der Waals surface area (Å²) in [6, 6.07) is 0. The van der Waals surface area contributed by atoms with Crippen LogP contribution in [0.3, 0.4) is 0 Å². The molecule has 5 nitrogen and oxygen atoms in total. The van der Waals surface area contributed by atoms with Gasteiger partial charge >= 0.3 is 11.9 Å². The van der Waals surface area contributed by atoms with Crippen LogP contribution >= 0.6 is 0 Å². The summed E-state index contributed by atoms with van der Waals surface area (Å²) in [4.78, 5) is 23.2. The largest absolute Gasteiger partial charge is 0.466 e. The van der Waals surface area contributed by atoms with E-state index in [9.17, 15) is 9.59 Å². The van der Waals surface area contributed by atoms with Gasteiger partial charge in [0.05, 0.1) is 19.1 Å². The van der Waals surface area contributed by atoms with E-state index in [4.69, 9.17) is 14.2 Å². The van der Waals surface area contributed by atoms with Crippen LogP contribution in [-0.2, 0) is 23.8 Å². The Kier molecular flexibility index (Phi) is 5.25. The summed E-state index contributed by atoms with van der Waals surface area (Å²) in [6.45, 7) is 4.54. The highest BCUT2D eigenvalue weighted by Crippen LogP contribution is 2.23. The highest BCUT2D eigenvalue weighted by molar-refractivity contribution is 5.84. The molecule has 1 saturated heterocycles. The Bertz CT molecular complexity index is 225. The minimum atomic E-state index is -0.798. The van der Waals surface area contributed by atoms with Gasteiger partial charge in [0.2, 0.25) is 0 Å². The van der Waals surface area contributed by atoms with E-state index in [1.165, 1.54) is 0 Å². The number of rotatable bonds is 4. The average molecular weight is 230 g/mol. The SMILES string of the molecule is CCOC(=O)C1CCCOC1C(=O)OCC. The zero-order valence-corrected chi connectivity index (χ0v) is 9.73. The van der Waals surface area contributed by atoms with Crippen molar-refractivity contribution in [1.29, 1.82) is 0 Å². The second-order valence-electron chi connectivity index (χ2n) is 3.54. The van der Waals surface area contributed by atoms with Crippen molar-refractivity contribution in [2.24, 2.45) is 5.92 Å². The van der Waals surface area contributed by atoms with Crippen LogP contribution in [0.1, 0.15) is 26.7 Å². The van der Waals surface area contributed by atoms with Gasteiger partial charge in [0.25, 0.3) is 0 Å². The first-order valence-corrected chi connectivity index (χ1v) is 5.65. The van der Waals surface area contributed by atoms with Gasteiger partial charge in [-0.1, -0.05) is 0 Å². The van der Waals surface area contributed by atoms with Gasteiger partial charge in [-0.3, -0.25) is 4.79 Å². The van der Waals surface area contributed by atoms with Gasteiger partial charge in [-0.25, -0.2) is 4.79 Å². The lowest BCUT2D eigenvalue weighted by Crippen LogP contribution is -2.42. The first-order valence-electron chi connectivity index (χ1n) is 5.65. The maximum atomic E-state index is 11.6. The topological polar surface area (TPSA) is 61.8 Å². The molecule has 0 amide bonds. The third-order valence-corrected chi connectivity index (χ3v) is 2.43. The van der Waals surface area contributed by atoms with Crippen LogP contribution in [0.2, 0.25) is 0 Å². The van der Waals surface area contributed by atoms with Crippen molar-refractivity contribution in [1.82, 2.24) is 0 Å². The first-order chi connectivity index (χ1) is 7.70. The second-order valence-corrected chi connectivity index (χ2v) is 3.54. The first kappa shape index (κ1) is 13.0. The lowest BCUT2D eigenvalue weighted by molar-refractivity contribution is -0.175. The molecule has 1 rings (SSSR count). The van der Waals surface area contributed by atoms with Crippen molar-refractivity contribution in [2.45, 2.75) is 32.8 Å². The summed E-state index contributed by atoms with van der Waals surface area (Å²) in [5.41, 5.74) is 0. The fourth-order valence-corrected chi connectivity index (χ4v) is 1.73. The van der Waals surface area contributed by atoms with Crippen molar-refractivity contribution in [3.05, 3.63) is 0 Å². The predicted molar refractivity (Wildman–Crippen MR) is 55.7 cm³/mol. The van der Waals surface area contributed by atoms with E-state index in [1.807, 2.05) is 0 Å². The fraction of sp³-hybridized carbons (Fsp3) is 0.818. The van der Waals surface area contributed by atoms with Gasteiger partial charge < -0.3 is 14.2 Å². The number of esters is 2. The molecule has 1 fully saturated rings. The molecule has 1 aliphatic rings. The van der Waals surface area contributed by atoms with E-state index in [1.54, 1.807) is 13.8 Å². The van der Waals surface area contributed by atoms with Crippen LogP contribution in [0.4, 0.5) is 0 Å². The smallest absolute Gasteiger partial charge is 0.336 e. The summed E-state index contributed by atoms with van der Waals surface area (Å²) in [5, 5.41) is 0. The van der Waals surface area contributed by atoms with Crippen molar-refractivity contribution in [2.75, 3.05) is 19.8 Å². The monoisotopic (exact) mass is 230 g/mol. The fourth-order valence-electron chi connectivity index (χ4n) is 1.73. The average Bonchev–Trinajstić information content (AvgIpc) is 2.30. The van der Waals surface area contributed by atoms with Gasteiger partial charge in [0.1, 0.15) is 0 Å². The van der Waals surface area contributed by atoms with E-state index >= 15 is 0 Å². The molecule has 0 aromatic rings. The molecule has 0 bridgehead atoms. The van der Waals surface area contributed by atoms with E-state index in [0.29, 0.717) is 19.6 Å². The minimum absolute atomic E-state index is 0.286. The molecular formula is C11H18O5. The van der Waals surface area contributed by atoms with Crippen molar-refractivity contribution in [3.63, 3.8) is 0 Å². The lowest BCUT2D eigenvalue weighted by Gasteiger charge is -2.28. The molecule has 0 aliphatic carbocycles. The molecule has 0 spiro atoms. The summed E-state index contributed by atoms with van der Waals surface area (Å²) in [7, 11) is 0. The predicted octanol–water partition coefficient (Wildman–Crippen LogP) is 0.908. The Hall–Kier alpha value is -1.10. The van der Waals surface area contributed by atoms with Gasteiger partial charge in [-0.05, 0) is 26.7 Å². The molecule has 2 unspecified atom stereocenters. The molecule has 2 atom stereocenters. The van der Waals surface area contributed by atoms with Crippen molar-refractivity contribution >= 4 is 11.9 Å². The van der Waals surface area contributed by atoms with Gasteiger partial charge in [-0.15, -0.1) is 0 Å². The third kappa shape index (κ3) is 3.20. The normalized spacial score (nSPS) is 24.9. The Labute approximate surface area is 95.0 Å². The number of hydrogen-bond donors (Lipinski definition) is 0. The molecule has 1 aliphatic heterocycles. The lowest BCUT2D eigenvalue weighted by atomic mass is 9.94. The molecule has 5 heteroatoms. The second kappa shape index (κ2) is 6.48. The van der Waals surface area contributed by atoms with Gasteiger partial charge in [-0.2, -0.15) is 0 Å². The Morgan fingerprint density at radius 1 is 1.19 bits per heavy atom. The Morgan fingerprint density at radius 3 is 2.44 bits per heavy atom. The number of carbonyl (C=O) groups excluding carboxylic acids is 2. The van der Waals surface area contributed by atoms with Gasteiger partial charge in [0.15, 0.2) is 6.10 Å². The number of hydrogen-bond acceptors (Lipinski definition) is 5. The molecule has 0 radical (unpaired) electrons. The summed E-state index contributed by atoms with van der Waals surface area (Å²) < 4.78 is 15.1. The summed E-state index contributed by atoms with van der Waals surface area (Å²) in [6.07, 6.45) is 0.578. The van der Waals surface area contributed by atoms with Crippen LogP contribution in [0, 0.1) is 5.92 Å². The van der Waals surface area contributed by atoms with Crippen LogP contribution in [0.25, 0.3) is 0 Å². The van der Waals surface area contributed by atoms with Crippen LogP contribution < -0.4 is 0 Å². The van der Waals surface area contributed by atoms with Crippen LogP contribution in [0.5, 0.6) is 0 Å². The molecule has 0 saturated carbocycles. The maximum absolute atomic E-state index is 11.6. The number of carbonyl (C=O) groups is 2. The Balaban J connectivity index is 2.63. The van der Waals surface area contributed by atoms with E-state index in [2.05, 4.69) is 0 Å². The van der Waals surface area contributed by atoms with Gasteiger partial charge in [0, 0.05) is 6.61 Å². The Morgan fingerprint density at radius 2 is 1.81 bits per heavy atom. The minimum Gasteiger partial charge on any atom is -0.466 e. The quantitative estimate of drug-likeness (QED) is 0.672. The molecule has 16 heavy (non-hydrogen) atoms. The molecule has 92 valence electrons. The molecule has 1 heterocycles. The standard InChI is InChI=1S/C11H18O5/c1-3-14-10(12)8-6-5-7-16-9(8)11(13)15-4-2/h8-9H,3-7H2,1-2H3. The molecule has 0 aromatic heterocycles. The van der Waals surface area contributed by atoms with E-state index < -0.39 is 18.0 Å². The van der Waals surface area contributed by atoms with E-state index in [0.717, 1.165) is 6.42 Å². The van der Waals surface area contributed by atoms with Crippen molar-refractivity contribution in [3.8, 4) is 0 Å². The molecular weight excluding hydrogens is 212 g/mol.